The summed E-state index contributed by atoms with van der Waals surface area (Å²) in [6.45, 7) is 2.66. The first-order valence-electron chi connectivity index (χ1n) is 5.72. The van der Waals surface area contributed by atoms with Crippen LogP contribution in [0.5, 0.6) is 0 Å². The van der Waals surface area contributed by atoms with Crippen molar-refractivity contribution in [3.8, 4) is 0 Å². The second kappa shape index (κ2) is 7.19. The largest absolute Gasteiger partial charge is 0.394 e. The summed E-state index contributed by atoms with van der Waals surface area (Å²) >= 11 is 0. The molecule has 5 heteroatoms. The molecule has 0 amide bonds. The zero-order chi connectivity index (χ0) is 12.0. The molecule has 0 aliphatic carbocycles. The van der Waals surface area contributed by atoms with Crippen molar-refractivity contribution in [2.24, 2.45) is 0 Å². The Hall–Kier alpha value is -0.200. The number of unbranched alkanes of at least 4 members (excludes halogenated alkanes) is 1. The number of hydrogen-bond acceptors (Lipinski definition) is 5. The van der Waals surface area contributed by atoms with Crippen LogP contribution in [0.1, 0.15) is 19.8 Å². The number of aliphatic hydroxyl groups excluding tert-OH is 1. The lowest BCUT2D eigenvalue weighted by atomic mass is 10.1. The van der Waals surface area contributed by atoms with E-state index >= 15 is 0 Å². The Morgan fingerprint density at radius 2 is 1.94 bits per heavy atom. The highest BCUT2D eigenvalue weighted by molar-refractivity contribution is 4.88. The fourth-order valence-electron chi connectivity index (χ4n) is 1.84. The van der Waals surface area contributed by atoms with Crippen LogP contribution in [-0.4, -0.2) is 57.1 Å². The van der Waals surface area contributed by atoms with Crippen molar-refractivity contribution in [2.75, 3.05) is 27.4 Å². The van der Waals surface area contributed by atoms with E-state index in [-0.39, 0.29) is 24.9 Å². The minimum absolute atomic E-state index is 0.0868. The van der Waals surface area contributed by atoms with E-state index in [1.807, 2.05) is 0 Å². The van der Waals surface area contributed by atoms with Crippen LogP contribution in [0, 0.1) is 0 Å². The molecule has 0 aromatic heterocycles. The topological polar surface area (TPSA) is 57.2 Å². The van der Waals surface area contributed by atoms with Gasteiger partial charge in [0.25, 0.3) is 0 Å². The molecule has 0 spiro atoms. The molecule has 0 bridgehead atoms. The molecular formula is C11H22O5. The van der Waals surface area contributed by atoms with E-state index < -0.39 is 6.29 Å². The minimum Gasteiger partial charge on any atom is -0.394 e. The van der Waals surface area contributed by atoms with Gasteiger partial charge in [-0.3, -0.25) is 0 Å². The van der Waals surface area contributed by atoms with Crippen molar-refractivity contribution in [2.45, 2.75) is 44.4 Å². The summed E-state index contributed by atoms with van der Waals surface area (Å²) < 4.78 is 21.6. The maximum atomic E-state index is 9.20. The first kappa shape index (κ1) is 13.9. The van der Waals surface area contributed by atoms with E-state index in [4.69, 9.17) is 18.9 Å². The van der Waals surface area contributed by atoms with Crippen LogP contribution in [-0.2, 0) is 18.9 Å². The van der Waals surface area contributed by atoms with E-state index in [2.05, 4.69) is 6.92 Å². The van der Waals surface area contributed by atoms with E-state index in [0.717, 1.165) is 12.8 Å². The third-order valence-electron chi connectivity index (χ3n) is 2.76. The van der Waals surface area contributed by atoms with E-state index in [1.165, 1.54) is 0 Å². The number of aliphatic hydroxyl groups is 1. The lowest BCUT2D eigenvalue weighted by Gasteiger charge is -2.22. The summed E-state index contributed by atoms with van der Waals surface area (Å²) in [7, 11) is 3.15. The number of hydrogen-bond donors (Lipinski definition) is 1. The summed E-state index contributed by atoms with van der Waals surface area (Å²) in [4.78, 5) is 0. The molecule has 0 radical (unpaired) electrons. The molecule has 16 heavy (non-hydrogen) atoms. The Bertz CT molecular complexity index is 187. The van der Waals surface area contributed by atoms with Crippen molar-refractivity contribution in [3.63, 3.8) is 0 Å². The normalized spacial score (nSPS) is 34.5. The Morgan fingerprint density at radius 3 is 2.44 bits per heavy atom. The van der Waals surface area contributed by atoms with Crippen molar-refractivity contribution in [1.82, 2.24) is 0 Å². The van der Waals surface area contributed by atoms with Gasteiger partial charge in [-0.2, -0.15) is 0 Å². The maximum Gasteiger partial charge on any atom is 0.186 e. The van der Waals surface area contributed by atoms with Gasteiger partial charge in [0.05, 0.1) is 6.61 Å². The lowest BCUT2D eigenvalue weighted by Crippen LogP contribution is -2.38. The van der Waals surface area contributed by atoms with Gasteiger partial charge in [-0.15, -0.1) is 0 Å². The van der Waals surface area contributed by atoms with Crippen LogP contribution in [0.15, 0.2) is 0 Å². The van der Waals surface area contributed by atoms with Crippen LogP contribution < -0.4 is 0 Å². The molecule has 5 nitrogen and oxygen atoms in total. The van der Waals surface area contributed by atoms with Gasteiger partial charge in [-0.05, 0) is 6.42 Å². The van der Waals surface area contributed by atoms with Crippen LogP contribution >= 0.6 is 0 Å². The Balaban J connectivity index is 2.53. The van der Waals surface area contributed by atoms with Crippen LogP contribution in [0.4, 0.5) is 0 Å². The minimum atomic E-state index is -0.464. The molecule has 4 atom stereocenters. The summed E-state index contributed by atoms with van der Waals surface area (Å²) in [5.74, 6) is 0. The fourth-order valence-corrected chi connectivity index (χ4v) is 1.84. The molecule has 0 aromatic carbocycles. The highest BCUT2D eigenvalue weighted by Gasteiger charge is 2.45. The summed E-state index contributed by atoms with van der Waals surface area (Å²) in [5, 5.41) is 9.20. The van der Waals surface area contributed by atoms with E-state index in [9.17, 15) is 5.11 Å². The maximum absolute atomic E-state index is 9.20. The van der Waals surface area contributed by atoms with Crippen molar-refractivity contribution in [1.29, 1.82) is 0 Å². The Morgan fingerprint density at radius 1 is 1.19 bits per heavy atom. The van der Waals surface area contributed by atoms with Gasteiger partial charge < -0.3 is 24.1 Å². The van der Waals surface area contributed by atoms with Gasteiger partial charge in [0.2, 0.25) is 0 Å². The third-order valence-corrected chi connectivity index (χ3v) is 2.76. The van der Waals surface area contributed by atoms with Gasteiger partial charge in [0.1, 0.15) is 18.3 Å². The zero-order valence-corrected chi connectivity index (χ0v) is 10.2. The molecule has 1 aliphatic rings. The highest BCUT2D eigenvalue weighted by atomic mass is 16.7. The number of ether oxygens (including phenoxy) is 4. The lowest BCUT2D eigenvalue weighted by molar-refractivity contribution is -0.159. The van der Waals surface area contributed by atoms with E-state index in [0.29, 0.717) is 6.61 Å². The second-order valence-corrected chi connectivity index (χ2v) is 3.85. The molecule has 1 aliphatic heterocycles. The molecule has 0 saturated carbocycles. The number of methoxy groups -OCH3 is 2. The van der Waals surface area contributed by atoms with Gasteiger partial charge in [-0.25, -0.2) is 0 Å². The average Bonchev–Trinajstić information content (AvgIpc) is 2.66. The van der Waals surface area contributed by atoms with E-state index in [1.54, 1.807) is 14.2 Å². The van der Waals surface area contributed by atoms with Gasteiger partial charge in [0, 0.05) is 20.8 Å². The quantitative estimate of drug-likeness (QED) is 0.652. The summed E-state index contributed by atoms with van der Waals surface area (Å²) in [5.41, 5.74) is 0. The molecule has 4 unspecified atom stereocenters. The highest BCUT2D eigenvalue weighted by Crippen LogP contribution is 2.26. The molecule has 96 valence electrons. The summed E-state index contributed by atoms with van der Waals surface area (Å²) in [6, 6.07) is 0. The predicted molar refractivity (Wildman–Crippen MR) is 58.2 cm³/mol. The fraction of sp³-hybridized carbons (Fsp3) is 1.00. The van der Waals surface area contributed by atoms with Crippen LogP contribution in [0.2, 0.25) is 0 Å². The van der Waals surface area contributed by atoms with Gasteiger partial charge >= 0.3 is 0 Å². The van der Waals surface area contributed by atoms with Crippen molar-refractivity contribution >= 4 is 0 Å². The molecule has 1 saturated heterocycles. The monoisotopic (exact) mass is 234 g/mol. The van der Waals surface area contributed by atoms with Gasteiger partial charge in [-0.1, -0.05) is 13.3 Å². The first-order valence-corrected chi connectivity index (χ1v) is 5.72. The average molecular weight is 234 g/mol. The predicted octanol–water partition coefficient (Wildman–Crippen LogP) is 0.550. The molecular weight excluding hydrogens is 212 g/mol. The third kappa shape index (κ3) is 3.15. The Kier molecular flexibility index (Phi) is 6.23. The van der Waals surface area contributed by atoms with Gasteiger partial charge in [0.15, 0.2) is 6.29 Å². The number of rotatable bonds is 7. The molecule has 0 aromatic rings. The van der Waals surface area contributed by atoms with Crippen molar-refractivity contribution < 1.29 is 24.1 Å². The standard InChI is InChI=1S/C11H22O5/c1-4-5-6-15-9-8(7-12)16-11(14-3)10(9)13-2/h8-12H,4-7H2,1-3H3. The van der Waals surface area contributed by atoms with Crippen LogP contribution in [0.25, 0.3) is 0 Å². The SMILES string of the molecule is CCCCOC1C(CO)OC(OC)C1OC. The summed E-state index contributed by atoms with van der Waals surface area (Å²) in [6.07, 6.45) is 0.692. The van der Waals surface area contributed by atoms with Crippen molar-refractivity contribution in [3.05, 3.63) is 0 Å². The first-order chi connectivity index (χ1) is 7.78. The molecule has 1 heterocycles. The Labute approximate surface area is 96.6 Å². The molecule has 1 fully saturated rings. The van der Waals surface area contributed by atoms with Crippen LogP contribution in [0.3, 0.4) is 0 Å². The zero-order valence-electron chi connectivity index (χ0n) is 10.2. The second-order valence-electron chi connectivity index (χ2n) is 3.85. The molecule has 1 N–H and O–H groups in total. The smallest absolute Gasteiger partial charge is 0.186 e. The molecule has 1 rings (SSSR count).